The van der Waals surface area contributed by atoms with E-state index in [0.29, 0.717) is 18.0 Å². The lowest BCUT2D eigenvalue weighted by Crippen LogP contribution is -2.37. The SMILES string of the molecule is COc1cccc(N2CC(C(=O)O)CNCC2=O)c1. The van der Waals surface area contributed by atoms with Crippen LogP contribution in [0.2, 0.25) is 0 Å². The summed E-state index contributed by atoms with van der Waals surface area (Å²) in [5.74, 6) is -1.03. The van der Waals surface area contributed by atoms with E-state index in [1.54, 1.807) is 31.4 Å². The number of carboxylic acid groups (broad SMARTS) is 1. The second-order valence-corrected chi connectivity index (χ2v) is 4.37. The van der Waals surface area contributed by atoms with Crippen molar-refractivity contribution < 1.29 is 19.4 Å². The highest BCUT2D eigenvalue weighted by Crippen LogP contribution is 2.22. The van der Waals surface area contributed by atoms with E-state index in [9.17, 15) is 9.59 Å². The highest BCUT2D eigenvalue weighted by atomic mass is 16.5. The molecule has 6 nitrogen and oxygen atoms in total. The number of rotatable bonds is 3. The Morgan fingerprint density at radius 1 is 1.53 bits per heavy atom. The molecule has 0 aliphatic carbocycles. The molecule has 2 rings (SSSR count). The highest BCUT2D eigenvalue weighted by Gasteiger charge is 2.28. The molecular weight excluding hydrogens is 248 g/mol. The normalized spacial score (nSPS) is 19.9. The molecule has 1 atom stereocenters. The van der Waals surface area contributed by atoms with Gasteiger partial charge >= 0.3 is 5.97 Å². The van der Waals surface area contributed by atoms with Gasteiger partial charge in [0.2, 0.25) is 5.91 Å². The number of methoxy groups -OCH3 is 1. The third-order valence-corrected chi connectivity index (χ3v) is 3.09. The number of carboxylic acids is 1. The average Bonchev–Trinajstić information content (AvgIpc) is 2.61. The van der Waals surface area contributed by atoms with Crippen molar-refractivity contribution in [2.45, 2.75) is 0 Å². The molecule has 1 saturated heterocycles. The number of amides is 1. The molecule has 6 heteroatoms. The molecule has 102 valence electrons. The molecule has 1 unspecified atom stereocenters. The Bertz CT molecular complexity index is 489. The van der Waals surface area contributed by atoms with Gasteiger partial charge in [0.1, 0.15) is 5.75 Å². The number of nitrogens with zero attached hydrogens (tertiary/aromatic N) is 1. The quantitative estimate of drug-likeness (QED) is 0.822. The first-order valence-corrected chi connectivity index (χ1v) is 5.99. The third-order valence-electron chi connectivity index (χ3n) is 3.09. The number of carbonyl (C=O) groups is 2. The van der Waals surface area contributed by atoms with Gasteiger partial charge in [0.15, 0.2) is 0 Å². The summed E-state index contributed by atoms with van der Waals surface area (Å²) >= 11 is 0. The molecule has 0 aromatic heterocycles. The number of carbonyl (C=O) groups excluding carboxylic acids is 1. The molecule has 1 aliphatic rings. The number of hydrogen-bond acceptors (Lipinski definition) is 4. The molecule has 1 aliphatic heterocycles. The van der Waals surface area contributed by atoms with Crippen LogP contribution >= 0.6 is 0 Å². The Morgan fingerprint density at radius 2 is 2.32 bits per heavy atom. The number of hydrogen-bond donors (Lipinski definition) is 2. The van der Waals surface area contributed by atoms with Crippen molar-refractivity contribution in [3.05, 3.63) is 24.3 Å². The molecule has 1 fully saturated rings. The van der Waals surface area contributed by atoms with Gasteiger partial charge in [0.25, 0.3) is 0 Å². The number of nitrogens with one attached hydrogen (secondary N) is 1. The molecular formula is C13H16N2O4. The van der Waals surface area contributed by atoms with Crippen LogP contribution in [0.3, 0.4) is 0 Å². The van der Waals surface area contributed by atoms with Crippen LogP contribution in [0.15, 0.2) is 24.3 Å². The van der Waals surface area contributed by atoms with Gasteiger partial charge in [-0.1, -0.05) is 6.07 Å². The number of anilines is 1. The van der Waals surface area contributed by atoms with E-state index in [0.717, 1.165) is 0 Å². The molecule has 0 spiro atoms. The third kappa shape index (κ3) is 3.03. The van der Waals surface area contributed by atoms with Gasteiger partial charge in [-0.25, -0.2) is 0 Å². The first-order chi connectivity index (χ1) is 9.11. The first kappa shape index (κ1) is 13.4. The molecule has 1 amide bonds. The molecule has 0 saturated carbocycles. The summed E-state index contributed by atoms with van der Waals surface area (Å²) in [6, 6.07) is 7.04. The van der Waals surface area contributed by atoms with E-state index in [-0.39, 0.29) is 19.0 Å². The summed E-state index contributed by atoms with van der Waals surface area (Å²) in [4.78, 5) is 24.6. The number of ether oxygens (including phenoxy) is 1. The Morgan fingerprint density at radius 3 is 3.00 bits per heavy atom. The second-order valence-electron chi connectivity index (χ2n) is 4.37. The summed E-state index contributed by atoms with van der Waals surface area (Å²) in [6.45, 7) is 0.594. The van der Waals surface area contributed by atoms with Crippen LogP contribution in [0.1, 0.15) is 0 Å². The molecule has 2 N–H and O–H groups in total. The summed E-state index contributed by atoms with van der Waals surface area (Å²) < 4.78 is 5.12. The van der Waals surface area contributed by atoms with Gasteiger partial charge in [0, 0.05) is 24.8 Å². The second kappa shape index (κ2) is 5.71. The van der Waals surface area contributed by atoms with Crippen molar-refractivity contribution >= 4 is 17.6 Å². The van der Waals surface area contributed by atoms with Crippen molar-refractivity contribution in [3.8, 4) is 5.75 Å². The fourth-order valence-electron chi connectivity index (χ4n) is 2.03. The smallest absolute Gasteiger partial charge is 0.309 e. The van der Waals surface area contributed by atoms with Crippen LogP contribution in [-0.4, -0.2) is 43.7 Å². The van der Waals surface area contributed by atoms with E-state index in [1.165, 1.54) is 4.90 Å². The summed E-state index contributed by atoms with van der Waals surface area (Å²) in [7, 11) is 1.55. The van der Waals surface area contributed by atoms with Gasteiger partial charge in [-0.15, -0.1) is 0 Å². The van der Waals surface area contributed by atoms with Crippen LogP contribution in [-0.2, 0) is 9.59 Å². The molecule has 0 bridgehead atoms. The van der Waals surface area contributed by atoms with E-state index >= 15 is 0 Å². The zero-order chi connectivity index (χ0) is 13.8. The topological polar surface area (TPSA) is 78.9 Å². The van der Waals surface area contributed by atoms with Gasteiger partial charge in [-0.3, -0.25) is 9.59 Å². The first-order valence-electron chi connectivity index (χ1n) is 5.99. The molecule has 0 radical (unpaired) electrons. The number of benzene rings is 1. The fraction of sp³-hybridized carbons (Fsp3) is 0.385. The molecule has 1 heterocycles. The van der Waals surface area contributed by atoms with Crippen molar-refractivity contribution in [1.82, 2.24) is 5.32 Å². The highest BCUT2D eigenvalue weighted by molar-refractivity contribution is 5.96. The maximum absolute atomic E-state index is 12.0. The van der Waals surface area contributed by atoms with Gasteiger partial charge in [-0.05, 0) is 12.1 Å². The predicted octanol–water partition coefficient (Wildman–Crippen LogP) is 0.332. The van der Waals surface area contributed by atoms with Crippen LogP contribution in [0.4, 0.5) is 5.69 Å². The van der Waals surface area contributed by atoms with Crippen LogP contribution in [0.5, 0.6) is 5.75 Å². The average molecular weight is 264 g/mol. The largest absolute Gasteiger partial charge is 0.497 e. The standard InChI is InChI=1S/C13H16N2O4/c1-19-11-4-2-3-10(5-11)15-8-9(13(17)18)6-14-7-12(15)16/h2-5,9,14H,6-8H2,1H3,(H,17,18). The minimum Gasteiger partial charge on any atom is -0.497 e. The Balaban J connectivity index is 2.27. The lowest BCUT2D eigenvalue weighted by molar-refractivity contribution is -0.141. The summed E-state index contributed by atoms with van der Waals surface area (Å²) in [6.07, 6.45) is 0. The molecule has 1 aromatic rings. The zero-order valence-corrected chi connectivity index (χ0v) is 10.6. The molecule has 1 aromatic carbocycles. The Kier molecular flexibility index (Phi) is 4.01. The van der Waals surface area contributed by atoms with Crippen LogP contribution < -0.4 is 15.0 Å². The lowest BCUT2D eigenvalue weighted by Gasteiger charge is -2.22. The minimum atomic E-state index is -0.907. The Labute approximate surface area is 111 Å². The van der Waals surface area contributed by atoms with Crippen molar-refractivity contribution in [2.75, 3.05) is 31.6 Å². The summed E-state index contributed by atoms with van der Waals surface area (Å²) in [5.41, 5.74) is 0.652. The van der Waals surface area contributed by atoms with E-state index < -0.39 is 11.9 Å². The number of aliphatic carboxylic acids is 1. The zero-order valence-electron chi connectivity index (χ0n) is 10.6. The maximum atomic E-state index is 12.0. The van der Waals surface area contributed by atoms with Crippen molar-refractivity contribution in [3.63, 3.8) is 0 Å². The van der Waals surface area contributed by atoms with Gasteiger partial charge < -0.3 is 20.1 Å². The van der Waals surface area contributed by atoms with Crippen LogP contribution in [0.25, 0.3) is 0 Å². The van der Waals surface area contributed by atoms with Crippen molar-refractivity contribution in [1.29, 1.82) is 0 Å². The monoisotopic (exact) mass is 264 g/mol. The lowest BCUT2D eigenvalue weighted by atomic mass is 10.1. The molecule has 19 heavy (non-hydrogen) atoms. The summed E-state index contributed by atoms with van der Waals surface area (Å²) in [5, 5.41) is 12.0. The van der Waals surface area contributed by atoms with Crippen LogP contribution in [0, 0.1) is 5.92 Å². The minimum absolute atomic E-state index is 0.140. The predicted molar refractivity (Wildman–Crippen MR) is 69.3 cm³/mol. The van der Waals surface area contributed by atoms with E-state index in [2.05, 4.69) is 5.32 Å². The van der Waals surface area contributed by atoms with E-state index in [4.69, 9.17) is 9.84 Å². The Hall–Kier alpha value is -2.08. The fourth-order valence-corrected chi connectivity index (χ4v) is 2.03. The van der Waals surface area contributed by atoms with Gasteiger partial charge in [-0.2, -0.15) is 0 Å². The van der Waals surface area contributed by atoms with E-state index in [1.807, 2.05) is 0 Å². The van der Waals surface area contributed by atoms with Gasteiger partial charge in [0.05, 0.1) is 19.6 Å². The maximum Gasteiger partial charge on any atom is 0.309 e. The van der Waals surface area contributed by atoms with Crippen molar-refractivity contribution in [2.24, 2.45) is 5.92 Å².